The van der Waals surface area contributed by atoms with Crippen molar-refractivity contribution in [3.05, 3.63) is 0 Å². The van der Waals surface area contributed by atoms with Crippen LogP contribution in [0.25, 0.3) is 0 Å². The van der Waals surface area contributed by atoms with Gasteiger partial charge in [-0.15, -0.1) is 0 Å². The summed E-state index contributed by atoms with van der Waals surface area (Å²) >= 11 is 0. The normalized spacial score (nSPS) is 19.3. The van der Waals surface area contributed by atoms with Crippen LogP contribution >= 0.6 is 0 Å². The molecule has 1 unspecified atom stereocenters. The average Bonchev–Trinajstić information content (AvgIpc) is 2.42. The molecule has 0 aromatic carbocycles. The smallest absolute Gasteiger partial charge is 0.00951 e. The number of hydrogen-bond donors (Lipinski definition) is 1. The van der Waals surface area contributed by atoms with Gasteiger partial charge in [0.05, 0.1) is 0 Å². The highest BCUT2D eigenvalue weighted by molar-refractivity contribution is 4.75. The maximum atomic E-state index is 3.59. The summed E-state index contributed by atoms with van der Waals surface area (Å²) in [4.78, 5) is 2.73. The van der Waals surface area contributed by atoms with Crippen molar-refractivity contribution in [3.8, 4) is 0 Å². The predicted octanol–water partition coefficient (Wildman–Crippen LogP) is 3.81. The molecular weight excluding hydrogens is 220 g/mol. The van der Waals surface area contributed by atoms with Crippen LogP contribution in [0, 0.1) is 0 Å². The van der Waals surface area contributed by atoms with Gasteiger partial charge in [0.2, 0.25) is 0 Å². The molecule has 0 aliphatic heterocycles. The summed E-state index contributed by atoms with van der Waals surface area (Å²) in [5.41, 5.74) is 0. The molecule has 1 saturated carbocycles. The predicted molar refractivity (Wildman–Crippen MR) is 81.1 cm³/mol. The summed E-state index contributed by atoms with van der Waals surface area (Å²) < 4.78 is 0. The molecule has 0 amide bonds. The number of nitrogens with one attached hydrogen (secondary N) is 1. The topological polar surface area (TPSA) is 15.3 Å². The first kappa shape index (κ1) is 16.0. The van der Waals surface area contributed by atoms with Crippen molar-refractivity contribution in [3.63, 3.8) is 0 Å². The molecule has 1 N–H and O–H groups in total. The van der Waals surface area contributed by atoms with E-state index in [1.54, 1.807) is 0 Å². The summed E-state index contributed by atoms with van der Waals surface area (Å²) in [5.74, 6) is 0. The van der Waals surface area contributed by atoms with Crippen molar-refractivity contribution in [2.24, 2.45) is 0 Å². The molecular formula is C16H34N2. The highest BCUT2D eigenvalue weighted by atomic mass is 15.1. The summed E-state index contributed by atoms with van der Waals surface area (Å²) in [5, 5.41) is 3.59. The standard InChI is InChI=1S/C16H34N2/c1-4-13-17-15(3)10-9-14-18(5-2)16-11-7-6-8-12-16/h15-17H,4-14H2,1-3H3. The maximum absolute atomic E-state index is 3.59. The molecule has 18 heavy (non-hydrogen) atoms. The zero-order chi connectivity index (χ0) is 13.2. The van der Waals surface area contributed by atoms with Gasteiger partial charge in [-0.1, -0.05) is 33.1 Å². The molecule has 0 saturated heterocycles. The molecule has 1 aliphatic rings. The van der Waals surface area contributed by atoms with Gasteiger partial charge in [0, 0.05) is 12.1 Å². The molecule has 0 aromatic rings. The van der Waals surface area contributed by atoms with Crippen molar-refractivity contribution in [2.75, 3.05) is 19.6 Å². The average molecular weight is 254 g/mol. The van der Waals surface area contributed by atoms with Crippen LogP contribution in [0.3, 0.4) is 0 Å². The van der Waals surface area contributed by atoms with Gasteiger partial charge in [0.15, 0.2) is 0 Å². The molecule has 1 aliphatic carbocycles. The summed E-state index contributed by atoms with van der Waals surface area (Å²) in [6, 6.07) is 1.58. The number of hydrogen-bond acceptors (Lipinski definition) is 2. The lowest BCUT2D eigenvalue weighted by atomic mass is 9.94. The molecule has 1 rings (SSSR count). The monoisotopic (exact) mass is 254 g/mol. The Morgan fingerprint density at radius 2 is 1.89 bits per heavy atom. The lowest BCUT2D eigenvalue weighted by Gasteiger charge is -2.33. The zero-order valence-corrected chi connectivity index (χ0v) is 12.9. The Labute approximate surface area is 115 Å². The first-order chi connectivity index (χ1) is 8.77. The minimum Gasteiger partial charge on any atom is -0.314 e. The van der Waals surface area contributed by atoms with Crippen LogP contribution in [-0.4, -0.2) is 36.6 Å². The van der Waals surface area contributed by atoms with E-state index in [1.165, 1.54) is 71.0 Å². The number of rotatable bonds is 9. The summed E-state index contributed by atoms with van der Waals surface area (Å²) in [7, 11) is 0. The molecule has 2 heteroatoms. The maximum Gasteiger partial charge on any atom is 0.00951 e. The Hall–Kier alpha value is -0.0800. The van der Waals surface area contributed by atoms with Crippen LogP contribution in [0.5, 0.6) is 0 Å². The van der Waals surface area contributed by atoms with Crippen molar-refractivity contribution in [2.45, 2.75) is 84.2 Å². The van der Waals surface area contributed by atoms with E-state index in [0.29, 0.717) is 6.04 Å². The van der Waals surface area contributed by atoms with Gasteiger partial charge in [-0.25, -0.2) is 0 Å². The van der Waals surface area contributed by atoms with E-state index in [1.807, 2.05) is 0 Å². The molecule has 1 atom stereocenters. The van der Waals surface area contributed by atoms with Gasteiger partial charge >= 0.3 is 0 Å². The Balaban J connectivity index is 2.14. The van der Waals surface area contributed by atoms with Crippen molar-refractivity contribution < 1.29 is 0 Å². The van der Waals surface area contributed by atoms with Gasteiger partial charge in [-0.3, -0.25) is 0 Å². The lowest BCUT2D eigenvalue weighted by Crippen LogP contribution is -2.38. The molecule has 108 valence electrons. The highest BCUT2D eigenvalue weighted by Gasteiger charge is 2.19. The minimum absolute atomic E-state index is 0.690. The molecule has 1 fully saturated rings. The second-order valence-corrected chi connectivity index (χ2v) is 5.92. The van der Waals surface area contributed by atoms with E-state index >= 15 is 0 Å². The van der Waals surface area contributed by atoms with E-state index in [-0.39, 0.29) is 0 Å². The SMILES string of the molecule is CCCNC(C)CCCN(CC)C1CCCCC1. The Morgan fingerprint density at radius 1 is 1.17 bits per heavy atom. The highest BCUT2D eigenvalue weighted by Crippen LogP contribution is 2.22. The van der Waals surface area contributed by atoms with Crippen LogP contribution < -0.4 is 5.32 Å². The Morgan fingerprint density at radius 3 is 2.50 bits per heavy atom. The van der Waals surface area contributed by atoms with Gasteiger partial charge in [0.1, 0.15) is 0 Å². The fourth-order valence-corrected chi connectivity index (χ4v) is 3.14. The van der Waals surface area contributed by atoms with Crippen LogP contribution in [0.1, 0.15) is 72.1 Å². The van der Waals surface area contributed by atoms with Crippen molar-refractivity contribution in [1.82, 2.24) is 10.2 Å². The van der Waals surface area contributed by atoms with Gasteiger partial charge in [0.25, 0.3) is 0 Å². The van der Waals surface area contributed by atoms with E-state index < -0.39 is 0 Å². The quantitative estimate of drug-likeness (QED) is 0.673. The molecule has 0 bridgehead atoms. The molecule has 0 heterocycles. The fourth-order valence-electron chi connectivity index (χ4n) is 3.14. The molecule has 0 radical (unpaired) electrons. The first-order valence-electron chi connectivity index (χ1n) is 8.25. The Kier molecular flexibility index (Phi) is 8.70. The molecule has 2 nitrogen and oxygen atoms in total. The van der Waals surface area contributed by atoms with E-state index in [4.69, 9.17) is 0 Å². The van der Waals surface area contributed by atoms with Crippen LogP contribution in [0.4, 0.5) is 0 Å². The molecule has 0 aromatic heterocycles. The van der Waals surface area contributed by atoms with Gasteiger partial charge in [-0.2, -0.15) is 0 Å². The zero-order valence-electron chi connectivity index (χ0n) is 12.9. The van der Waals surface area contributed by atoms with Gasteiger partial charge < -0.3 is 10.2 Å². The molecule has 0 spiro atoms. The minimum atomic E-state index is 0.690. The third-order valence-corrected chi connectivity index (χ3v) is 4.32. The van der Waals surface area contributed by atoms with E-state index in [9.17, 15) is 0 Å². The van der Waals surface area contributed by atoms with E-state index in [2.05, 4.69) is 31.0 Å². The van der Waals surface area contributed by atoms with Crippen LogP contribution in [0.15, 0.2) is 0 Å². The van der Waals surface area contributed by atoms with Gasteiger partial charge in [-0.05, 0) is 58.7 Å². The third kappa shape index (κ3) is 6.19. The third-order valence-electron chi connectivity index (χ3n) is 4.32. The first-order valence-corrected chi connectivity index (χ1v) is 8.25. The summed E-state index contributed by atoms with van der Waals surface area (Å²) in [6.07, 6.45) is 11.2. The van der Waals surface area contributed by atoms with E-state index in [0.717, 1.165) is 6.04 Å². The van der Waals surface area contributed by atoms with Crippen LogP contribution in [-0.2, 0) is 0 Å². The lowest BCUT2D eigenvalue weighted by molar-refractivity contribution is 0.159. The Bertz CT molecular complexity index is 188. The largest absolute Gasteiger partial charge is 0.314 e. The summed E-state index contributed by atoms with van der Waals surface area (Å²) in [6.45, 7) is 10.6. The van der Waals surface area contributed by atoms with Crippen LogP contribution in [0.2, 0.25) is 0 Å². The fraction of sp³-hybridized carbons (Fsp3) is 1.00. The second kappa shape index (κ2) is 9.80. The van der Waals surface area contributed by atoms with Crippen molar-refractivity contribution >= 4 is 0 Å². The number of nitrogens with zero attached hydrogens (tertiary/aromatic N) is 1. The second-order valence-electron chi connectivity index (χ2n) is 5.92. The van der Waals surface area contributed by atoms with Crippen molar-refractivity contribution in [1.29, 1.82) is 0 Å².